The van der Waals surface area contributed by atoms with Gasteiger partial charge in [0.2, 0.25) is 5.89 Å². The maximum atomic E-state index is 12.5. The molecule has 0 saturated heterocycles. The van der Waals surface area contributed by atoms with Gasteiger partial charge in [0, 0.05) is 12.5 Å². The van der Waals surface area contributed by atoms with E-state index in [9.17, 15) is 17.6 Å². The first-order valence-electron chi connectivity index (χ1n) is 5.62. The minimum absolute atomic E-state index is 0.0312. The molecule has 0 fully saturated rings. The van der Waals surface area contributed by atoms with Gasteiger partial charge >= 0.3 is 12.3 Å². The molecule has 9 heteroatoms. The van der Waals surface area contributed by atoms with Crippen LogP contribution in [-0.4, -0.2) is 35.1 Å². The molecule has 1 aromatic heterocycles. The van der Waals surface area contributed by atoms with Crippen LogP contribution < -0.4 is 5.73 Å². The van der Waals surface area contributed by atoms with E-state index in [0.717, 1.165) is 0 Å². The van der Waals surface area contributed by atoms with E-state index < -0.39 is 25.6 Å². The maximum absolute atomic E-state index is 12.5. The largest absolute Gasteiger partial charge is 0.367 e. The van der Waals surface area contributed by atoms with Crippen LogP contribution in [0.1, 0.15) is 25.1 Å². The van der Waals surface area contributed by atoms with Gasteiger partial charge < -0.3 is 15.0 Å². The third-order valence-corrected chi connectivity index (χ3v) is 2.17. The van der Waals surface area contributed by atoms with Gasteiger partial charge in [-0.25, -0.2) is 8.78 Å². The Morgan fingerprint density at radius 1 is 1.42 bits per heavy atom. The lowest BCUT2D eigenvalue weighted by molar-refractivity contribution is -0.168. The van der Waals surface area contributed by atoms with E-state index >= 15 is 0 Å². The number of ether oxygens (including phenoxy) is 1. The highest BCUT2D eigenvalue weighted by molar-refractivity contribution is 4.85. The molecule has 1 heterocycles. The summed E-state index contributed by atoms with van der Waals surface area (Å²) >= 11 is 0. The van der Waals surface area contributed by atoms with Crippen LogP contribution in [0.2, 0.25) is 0 Å². The average molecular weight is 285 g/mol. The van der Waals surface area contributed by atoms with E-state index in [1.165, 1.54) is 0 Å². The van der Waals surface area contributed by atoms with Crippen molar-refractivity contribution in [2.75, 3.05) is 6.61 Å². The lowest BCUT2D eigenvalue weighted by Gasteiger charge is -2.14. The molecule has 2 N–H and O–H groups in total. The summed E-state index contributed by atoms with van der Waals surface area (Å²) in [5, 5.41) is 3.47. The Morgan fingerprint density at radius 2 is 2.11 bits per heavy atom. The Morgan fingerprint density at radius 3 is 2.68 bits per heavy atom. The van der Waals surface area contributed by atoms with Crippen LogP contribution in [0.25, 0.3) is 0 Å². The van der Waals surface area contributed by atoms with Crippen LogP contribution in [0, 0.1) is 0 Å². The number of halogens is 4. The van der Waals surface area contributed by atoms with Crippen molar-refractivity contribution in [3.63, 3.8) is 0 Å². The number of nitrogens with two attached hydrogens (primary N) is 1. The Hall–Kier alpha value is -1.22. The fourth-order valence-electron chi connectivity index (χ4n) is 1.14. The number of hydrogen-bond donors (Lipinski definition) is 1. The number of aryl methyl sites for hydroxylation is 1. The molecule has 0 aliphatic heterocycles. The van der Waals surface area contributed by atoms with Gasteiger partial charge in [0.15, 0.2) is 5.82 Å². The van der Waals surface area contributed by atoms with Crippen LogP contribution in [0.5, 0.6) is 0 Å². The molecule has 0 saturated carbocycles. The topological polar surface area (TPSA) is 74.2 Å². The van der Waals surface area contributed by atoms with Crippen molar-refractivity contribution in [2.45, 2.75) is 44.8 Å². The van der Waals surface area contributed by atoms with Crippen LogP contribution >= 0.6 is 0 Å². The van der Waals surface area contributed by atoms with Crippen molar-refractivity contribution < 1.29 is 26.8 Å². The molecule has 1 rings (SSSR count). The van der Waals surface area contributed by atoms with Crippen molar-refractivity contribution in [2.24, 2.45) is 5.73 Å². The lowest BCUT2D eigenvalue weighted by Crippen LogP contribution is -2.32. The monoisotopic (exact) mass is 285 g/mol. The van der Waals surface area contributed by atoms with Crippen LogP contribution in [0.4, 0.5) is 17.6 Å². The second-order valence-electron chi connectivity index (χ2n) is 4.17. The van der Waals surface area contributed by atoms with E-state index in [2.05, 4.69) is 14.9 Å². The molecule has 0 spiro atoms. The smallest absolute Gasteiger partial charge is 0.330 e. The summed E-state index contributed by atoms with van der Waals surface area (Å²) in [6, 6.07) is -0.0312. The van der Waals surface area contributed by atoms with Crippen LogP contribution in [0.3, 0.4) is 0 Å². The fraction of sp³-hybridized carbons (Fsp3) is 0.800. The summed E-state index contributed by atoms with van der Waals surface area (Å²) in [6.07, 6.45) is -2.68. The van der Waals surface area contributed by atoms with Crippen molar-refractivity contribution >= 4 is 0 Å². The molecule has 5 nitrogen and oxygen atoms in total. The molecular weight excluding hydrogens is 270 g/mol. The SMILES string of the molecule is CC(N)CCc1nc(COCC(F)(F)C(F)F)no1. The predicted molar refractivity (Wildman–Crippen MR) is 56.9 cm³/mol. The van der Waals surface area contributed by atoms with Crippen molar-refractivity contribution in [1.82, 2.24) is 10.1 Å². The van der Waals surface area contributed by atoms with E-state index in [1.807, 2.05) is 6.92 Å². The molecule has 0 aliphatic rings. The molecule has 0 amide bonds. The minimum Gasteiger partial charge on any atom is -0.367 e. The minimum atomic E-state index is -4.18. The van der Waals surface area contributed by atoms with Gasteiger partial charge in [-0.05, 0) is 13.3 Å². The van der Waals surface area contributed by atoms with Crippen molar-refractivity contribution in [3.05, 3.63) is 11.7 Å². The number of nitrogens with zero attached hydrogens (tertiary/aromatic N) is 2. The summed E-state index contributed by atoms with van der Waals surface area (Å²) in [4.78, 5) is 3.86. The molecule has 1 unspecified atom stereocenters. The van der Waals surface area contributed by atoms with Crippen molar-refractivity contribution in [1.29, 1.82) is 0 Å². The first kappa shape index (κ1) is 15.8. The molecule has 0 aliphatic carbocycles. The summed E-state index contributed by atoms with van der Waals surface area (Å²) < 4.78 is 57.9. The van der Waals surface area contributed by atoms with Crippen molar-refractivity contribution in [3.8, 4) is 0 Å². The van der Waals surface area contributed by atoms with Crippen LogP contribution in [-0.2, 0) is 17.8 Å². The summed E-state index contributed by atoms with van der Waals surface area (Å²) in [6.45, 7) is 0.00514. The third-order valence-electron chi connectivity index (χ3n) is 2.17. The van der Waals surface area contributed by atoms with Gasteiger partial charge in [-0.2, -0.15) is 13.8 Å². The van der Waals surface area contributed by atoms with Gasteiger partial charge in [0.1, 0.15) is 13.2 Å². The highest BCUT2D eigenvalue weighted by atomic mass is 19.3. The van der Waals surface area contributed by atoms with Gasteiger partial charge in [-0.15, -0.1) is 0 Å². The van der Waals surface area contributed by atoms with Gasteiger partial charge in [0.05, 0.1) is 0 Å². The Kier molecular flexibility index (Phi) is 5.67. The van der Waals surface area contributed by atoms with E-state index in [-0.39, 0.29) is 11.9 Å². The quantitative estimate of drug-likeness (QED) is 0.737. The Labute approximate surface area is 107 Å². The fourth-order valence-corrected chi connectivity index (χ4v) is 1.14. The third kappa shape index (κ3) is 5.52. The molecule has 19 heavy (non-hydrogen) atoms. The molecule has 1 atom stereocenters. The van der Waals surface area contributed by atoms with E-state index in [1.54, 1.807) is 0 Å². The second kappa shape index (κ2) is 6.80. The molecule has 110 valence electrons. The molecule has 0 aromatic carbocycles. The van der Waals surface area contributed by atoms with E-state index in [0.29, 0.717) is 18.7 Å². The van der Waals surface area contributed by atoms with E-state index in [4.69, 9.17) is 10.3 Å². The molecule has 1 aromatic rings. The zero-order valence-electron chi connectivity index (χ0n) is 10.3. The maximum Gasteiger partial charge on any atom is 0.330 e. The molecule has 0 radical (unpaired) electrons. The normalized spacial score (nSPS) is 14.1. The number of alkyl halides is 4. The second-order valence-corrected chi connectivity index (χ2v) is 4.17. The summed E-state index contributed by atoms with van der Waals surface area (Å²) in [7, 11) is 0. The summed E-state index contributed by atoms with van der Waals surface area (Å²) in [5.41, 5.74) is 5.53. The van der Waals surface area contributed by atoms with Gasteiger partial charge in [-0.1, -0.05) is 5.16 Å². The highest BCUT2D eigenvalue weighted by Crippen LogP contribution is 2.23. The first-order chi connectivity index (χ1) is 8.81. The van der Waals surface area contributed by atoms with Gasteiger partial charge in [0.25, 0.3) is 0 Å². The van der Waals surface area contributed by atoms with Gasteiger partial charge in [-0.3, -0.25) is 0 Å². The zero-order valence-corrected chi connectivity index (χ0v) is 10.3. The number of aromatic nitrogens is 2. The lowest BCUT2D eigenvalue weighted by atomic mass is 10.2. The summed E-state index contributed by atoms with van der Waals surface area (Å²) in [5.74, 6) is -3.84. The number of hydrogen-bond acceptors (Lipinski definition) is 5. The molecule has 0 bridgehead atoms. The first-order valence-corrected chi connectivity index (χ1v) is 5.62. The number of rotatable bonds is 8. The standard InChI is InChI=1S/C10H15F4N3O2/c1-6(15)2-3-8-16-7(17-19-8)4-18-5-10(13,14)9(11)12/h6,9H,2-5,15H2,1H3. The Balaban J connectivity index is 2.34. The highest BCUT2D eigenvalue weighted by Gasteiger charge is 2.41. The van der Waals surface area contributed by atoms with Crippen LogP contribution in [0.15, 0.2) is 4.52 Å². The molecular formula is C10H15F4N3O2. The predicted octanol–water partition coefficient (Wildman–Crippen LogP) is 1.77. The Bertz CT molecular complexity index is 385. The zero-order chi connectivity index (χ0) is 14.5. The average Bonchev–Trinajstić information content (AvgIpc) is 2.74.